The normalized spacial score (nSPS) is 41.0. The summed E-state index contributed by atoms with van der Waals surface area (Å²) in [6.07, 6.45) is 5.61. The molecular formula is C11H16O. The average Bonchev–Trinajstić information content (AvgIpc) is 1.99. The van der Waals surface area contributed by atoms with Gasteiger partial charge in [0.2, 0.25) is 0 Å². The van der Waals surface area contributed by atoms with Crippen molar-refractivity contribution in [1.82, 2.24) is 0 Å². The minimum atomic E-state index is 0.200. The maximum Gasteiger partial charge on any atom is 0.142 e. The lowest BCUT2D eigenvalue weighted by Gasteiger charge is -2.33. The van der Waals surface area contributed by atoms with Crippen LogP contribution in [0.1, 0.15) is 33.1 Å². The second kappa shape index (κ2) is 2.72. The number of carbonyl (C=O) groups excluding carboxylic acids is 1. The van der Waals surface area contributed by atoms with Gasteiger partial charge in [0.15, 0.2) is 0 Å². The van der Waals surface area contributed by atoms with Crippen molar-refractivity contribution >= 4 is 5.78 Å². The molecule has 0 aromatic heterocycles. The number of fused-ring (bicyclic) bond motifs is 2. The molecule has 1 heteroatoms. The Bertz CT molecular complexity index is 239. The second-order valence-electron chi connectivity index (χ2n) is 4.46. The molecule has 1 nitrogen and oxygen atoms in total. The van der Waals surface area contributed by atoms with Crippen molar-refractivity contribution in [2.75, 3.05) is 0 Å². The Morgan fingerprint density at radius 3 is 2.83 bits per heavy atom. The van der Waals surface area contributed by atoms with E-state index >= 15 is 0 Å². The first kappa shape index (κ1) is 8.03. The monoisotopic (exact) mass is 164 g/mol. The van der Waals surface area contributed by atoms with E-state index in [4.69, 9.17) is 0 Å². The smallest absolute Gasteiger partial charge is 0.142 e. The summed E-state index contributed by atoms with van der Waals surface area (Å²) in [4.78, 5) is 11.6. The van der Waals surface area contributed by atoms with E-state index in [1.54, 1.807) is 0 Å². The van der Waals surface area contributed by atoms with E-state index in [0.717, 1.165) is 18.8 Å². The molecular weight excluding hydrogens is 148 g/mol. The molecule has 0 spiro atoms. The molecule has 0 aromatic carbocycles. The molecule has 2 aliphatic carbocycles. The third kappa shape index (κ3) is 1.21. The highest BCUT2D eigenvalue weighted by Gasteiger charge is 2.33. The summed E-state index contributed by atoms with van der Waals surface area (Å²) in [6, 6.07) is 0. The van der Waals surface area contributed by atoms with Crippen molar-refractivity contribution in [3.63, 3.8) is 0 Å². The molecule has 1 fully saturated rings. The van der Waals surface area contributed by atoms with Gasteiger partial charge in [-0.25, -0.2) is 0 Å². The van der Waals surface area contributed by atoms with Crippen molar-refractivity contribution in [3.05, 3.63) is 11.6 Å². The Labute approximate surface area is 73.8 Å². The van der Waals surface area contributed by atoms with Crippen molar-refractivity contribution in [2.24, 2.45) is 17.8 Å². The van der Waals surface area contributed by atoms with E-state index in [1.165, 1.54) is 12.0 Å². The first-order valence-corrected chi connectivity index (χ1v) is 4.90. The number of rotatable bonds is 0. The van der Waals surface area contributed by atoms with Gasteiger partial charge in [0.05, 0.1) is 0 Å². The lowest BCUT2D eigenvalue weighted by molar-refractivity contribution is -0.126. The summed E-state index contributed by atoms with van der Waals surface area (Å²) in [5, 5.41) is 0. The van der Waals surface area contributed by atoms with E-state index < -0.39 is 0 Å². The van der Waals surface area contributed by atoms with Crippen LogP contribution >= 0.6 is 0 Å². The molecule has 12 heavy (non-hydrogen) atoms. The molecule has 0 heterocycles. The fraction of sp³-hybridized carbons (Fsp3) is 0.727. The highest BCUT2D eigenvalue weighted by Crippen LogP contribution is 2.38. The number of allylic oxidation sites excluding steroid dienone is 2. The zero-order valence-corrected chi connectivity index (χ0v) is 7.84. The van der Waals surface area contributed by atoms with Crippen LogP contribution in [-0.4, -0.2) is 5.78 Å². The summed E-state index contributed by atoms with van der Waals surface area (Å²) < 4.78 is 0. The molecule has 0 aromatic rings. The lowest BCUT2D eigenvalue weighted by atomic mass is 9.70. The maximum absolute atomic E-state index is 11.6. The van der Waals surface area contributed by atoms with Gasteiger partial charge < -0.3 is 0 Å². The van der Waals surface area contributed by atoms with Gasteiger partial charge in [-0.1, -0.05) is 25.5 Å². The van der Waals surface area contributed by atoms with Gasteiger partial charge in [0.25, 0.3) is 0 Å². The first-order valence-electron chi connectivity index (χ1n) is 4.90. The van der Waals surface area contributed by atoms with Crippen LogP contribution < -0.4 is 0 Å². The molecule has 0 radical (unpaired) electrons. The van der Waals surface area contributed by atoms with E-state index in [1.807, 2.05) is 6.92 Å². The first-order chi connectivity index (χ1) is 5.66. The molecule has 3 atom stereocenters. The van der Waals surface area contributed by atoms with Crippen LogP contribution in [0.4, 0.5) is 0 Å². The summed E-state index contributed by atoms with van der Waals surface area (Å²) >= 11 is 0. The standard InChI is InChI=1S/C11H16O/c1-7-3-9-5-8(2)11(12)10(4-7)6-9/h5,7-8,10H,3-4,6H2,1-2H3. The molecule has 0 saturated heterocycles. The Morgan fingerprint density at radius 2 is 2.08 bits per heavy atom. The van der Waals surface area contributed by atoms with Gasteiger partial charge in [-0.15, -0.1) is 0 Å². The lowest BCUT2D eigenvalue weighted by Crippen LogP contribution is -2.30. The third-order valence-electron chi connectivity index (χ3n) is 3.14. The van der Waals surface area contributed by atoms with E-state index in [-0.39, 0.29) is 5.92 Å². The topological polar surface area (TPSA) is 17.1 Å². The van der Waals surface area contributed by atoms with Crippen molar-refractivity contribution in [2.45, 2.75) is 33.1 Å². The fourth-order valence-corrected chi connectivity index (χ4v) is 2.66. The predicted octanol–water partition coefficient (Wildman–Crippen LogP) is 2.57. The zero-order chi connectivity index (χ0) is 8.72. The molecule has 66 valence electrons. The van der Waals surface area contributed by atoms with Crippen LogP contribution in [0.15, 0.2) is 11.6 Å². The Hall–Kier alpha value is -0.590. The van der Waals surface area contributed by atoms with Crippen molar-refractivity contribution in [3.8, 4) is 0 Å². The Kier molecular flexibility index (Phi) is 1.82. The molecule has 0 amide bonds. The molecule has 2 aliphatic rings. The zero-order valence-electron chi connectivity index (χ0n) is 7.84. The van der Waals surface area contributed by atoms with Crippen molar-refractivity contribution in [1.29, 1.82) is 0 Å². The van der Waals surface area contributed by atoms with Crippen LogP contribution in [0.25, 0.3) is 0 Å². The van der Waals surface area contributed by atoms with Gasteiger partial charge in [-0.2, -0.15) is 0 Å². The van der Waals surface area contributed by atoms with E-state index in [0.29, 0.717) is 11.7 Å². The minimum Gasteiger partial charge on any atom is -0.299 e. The molecule has 2 rings (SSSR count). The number of Topliss-reactive ketones (excluding diaryl/α,β-unsaturated/α-hetero) is 1. The molecule has 0 aliphatic heterocycles. The number of hydrogen-bond acceptors (Lipinski definition) is 1. The molecule has 2 bridgehead atoms. The highest BCUT2D eigenvalue weighted by molar-refractivity contribution is 5.86. The molecule has 3 unspecified atom stereocenters. The van der Waals surface area contributed by atoms with Crippen LogP contribution in [0, 0.1) is 17.8 Å². The SMILES string of the molecule is CC1CC2=CC(C)C(=O)C(C2)C1. The van der Waals surface area contributed by atoms with Crippen LogP contribution in [0.3, 0.4) is 0 Å². The number of carbonyl (C=O) groups is 1. The van der Waals surface area contributed by atoms with Crippen LogP contribution in [0.5, 0.6) is 0 Å². The third-order valence-corrected chi connectivity index (χ3v) is 3.14. The van der Waals surface area contributed by atoms with Gasteiger partial charge in [-0.05, 0) is 25.2 Å². The maximum atomic E-state index is 11.6. The van der Waals surface area contributed by atoms with Gasteiger partial charge in [0.1, 0.15) is 5.78 Å². The summed E-state index contributed by atoms with van der Waals surface area (Å²) in [5.41, 5.74) is 1.53. The summed E-state index contributed by atoms with van der Waals surface area (Å²) in [5.74, 6) is 1.77. The predicted molar refractivity (Wildman–Crippen MR) is 48.8 cm³/mol. The number of hydrogen-bond donors (Lipinski definition) is 0. The van der Waals surface area contributed by atoms with E-state index in [9.17, 15) is 4.79 Å². The van der Waals surface area contributed by atoms with Gasteiger partial charge in [-0.3, -0.25) is 4.79 Å². The van der Waals surface area contributed by atoms with Crippen LogP contribution in [0.2, 0.25) is 0 Å². The minimum absolute atomic E-state index is 0.200. The molecule has 0 N–H and O–H groups in total. The molecule has 1 saturated carbocycles. The van der Waals surface area contributed by atoms with Gasteiger partial charge in [0, 0.05) is 11.8 Å². The summed E-state index contributed by atoms with van der Waals surface area (Å²) in [6.45, 7) is 4.29. The van der Waals surface area contributed by atoms with Crippen LogP contribution in [-0.2, 0) is 4.79 Å². The Balaban J connectivity index is 2.27. The van der Waals surface area contributed by atoms with E-state index in [2.05, 4.69) is 13.0 Å². The Morgan fingerprint density at radius 1 is 1.33 bits per heavy atom. The average molecular weight is 164 g/mol. The second-order valence-corrected chi connectivity index (χ2v) is 4.46. The fourth-order valence-electron chi connectivity index (χ4n) is 2.66. The largest absolute Gasteiger partial charge is 0.299 e. The quantitative estimate of drug-likeness (QED) is 0.503. The van der Waals surface area contributed by atoms with Gasteiger partial charge >= 0.3 is 0 Å². The highest BCUT2D eigenvalue weighted by atomic mass is 16.1. The summed E-state index contributed by atoms with van der Waals surface area (Å²) in [7, 11) is 0. The number of ketones is 1. The van der Waals surface area contributed by atoms with Crippen molar-refractivity contribution < 1.29 is 4.79 Å².